The second-order valence-electron chi connectivity index (χ2n) is 6.22. The second-order valence-corrected chi connectivity index (χ2v) is 7.09. The van der Waals surface area contributed by atoms with Crippen LogP contribution < -0.4 is 21.3 Å². The molecule has 148 valence electrons. The van der Waals surface area contributed by atoms with Gasteiger partial charge >= 0.3 is 12.1 Å². The summed E-state index contributed by atoms with van der Waals surface area (Å²) < 4.78 is 0. The van der Waals surface area contributed by atoms with Crippen molar-refractivity contribution in [3.8, 4) is 0 Å². The molecule has 0 radical (unpaired) electrons. The molecule has 0 aliphatic carbocycles. The SMILES string of the molecule is Cc1ccc(NC(=O)Nc2ccc(Cl)cc2)c(NC(=O)Nc2ccc(Cl)cc2)c1. The maximum absolute atomic E-state index is 12.3. The molecule has 0 spiro atoms. The number of hydrogen-bond donors (Lipinski definition) is 4. The van der Waals surface area contributed by atoms with E-state index >= 15 is 0 Å². The van der Waals surface area contributed by atoms with Gasteiger partial charge < -0.3 is 21.3 Å². The van der Waals surface area contributed by atoms with Crippen LogP contribution in [0.2, 0.25) is 10.0 Å². The first-order chi connectivity index (χ1) is 13.9. The van der Waals surface area contributed by atoms with Gasteiger partial charge in [0.25, 0.3) is 0 Å². The van der Waals surface area contributed by atoms with Gasteiger partial charge in [-0.05, 0) is 73.2 Å². The van der Waals surface area contributed by atoms with E-state index < -0.39 is 12.1 Å². The highest BCUT2D eigenvalue weighted by molar-refractivity contribution is 6.31. The van der Waals surface area contributed by atoms with Gasteiger partial charge in [-0.2, -0.15) is 0 Å². The van der Waals surface area contributed by atoms with Crippen LogP contribution >= 0.6 is 23.2 Å². The van der Waals surface area contributed by atoms with Crippen LogP contribution in [-0.2, 0) is 0 Å². The van der Waals surface area contributed by atoms with Crippen LogP contribution in [0.1, 0.15) is 5.56 Å². The quantitative estimate of drug-likeness (QED) is 0.377. The predicted octanol–water partition coefficient (Wildman–Crippen LogP) is 6.59. The van der Waals surface area contributed by atoms with Gasteiger partial charge in [0, 0.05) is 21.4 Å². The highest BCUT2D eigenvalue weighted by Crippen LogP contribution is 2.24. The van der Waals surface area contributed by atoms with E-state index in [4.69, 9.17) is 23.2 Å². The van der Waals surface area contributed by atoms with E-state index in [-0.39, 0.29) is 0 Å². The number of urea groups is 2. The smallest absolute Gasteiger partial charge is 0.308 e. The van der Waals surface area contributed by atoms with Gasteiger partial charge in [-0.25, -0.2) is 9.59 Å². The van der Waals surface area contributed by atoms with E-state index in [1.165, 1.54) is 0 Å². The first-order valence-electron chi connectivity index (χ1n) is 8.67. The minimum Gasteiger partial charge on any atom is -0.308 e. The Bertz CT molecular complexity index is 1020. The number of aryl methyl sites for hydroxylation is 1. The Balaban J connectivity index is 1.68. The predicted molar refractivity (Wildman–Crippen MR) is 119 cm³/mol. The molecule has 4 amide bonds. The first-order valence-corrected chi connectivity index (χ1v) is 9.42. The molecule has 6 nitrogen and oxygen atoms in total. The Morgan fingerprint density at radius 1 is 0.621 bits per heavy atom. The molecule has 0 fully saturated rings. The number of anilines is 4. The molecular weight excluding hydrogens is 411 g/mol. The van der Waals surface area contributed by atoms with Crippen molar-refractivity contribution in [1.82, 2.24) is 0 Å². The minimum atomic E-state index is -0.447. The highest BCUT2D eigenvalue weighted by Gasteiger charge is 2.11. The molecule has 0 heterocycles. The summed E-state index contributed by atoms with van der Waals surface area (Å²) in [5, 5.41) is 12.1. The molecular formula is C21H18Cl2N4O2. The van der Waals surface area contributed by atoms with E-state index in [0.717, 1.165) is 5.56 Å². The van der Waals surface area contributed by atoms with E-state index in [1.807, 2.05) is 13.0 Å². The van der Waals surface area contributed by atoms with Crippen LogP contribution in [0.15, 0.2) is 66.7 Å². The monoisotopic (exact) mass is 428 g/mol. The molecule has 8 heteroatoms. The molecule has 0 aromatic heterocycles. The third kappa shape index (κ3) is 6.14. The molecule has 0 bridgehead atoms. The van der Waals surface area contributed by atoms with Crippen molar-refractivity contribution in [2.75, 3.05) is 21.3 Å². The van der Waals surface area contributed by atoms with E-state index in [1.54, 1.807) is 60.7 Å². The third-order valence-electron chi connectivity index (χ3n) is 3.88. The number of halogens is 2. The molecule has 0 unspecified atom stereocenters. The van der Waals surface area contributed by atoms with Crippen LogP contribution in [0.25, 0.3) is 0 Å². The van der Waals surface area contributed by atoms with E-state index in [0.29, 0.717) is 32.8 Å². The minimum absolute atomic E-state index is 0.445. The highest BCUT2D eigenvalue weighted by atomic mass is 35.5. The first kappa shape index (κ1) is 20.5. The number of carbonyl (C=O) groups excluding carboxylic acids is 2. The van der Waals surface area contributed by atoms with Gasteiger partial charge in [-0.1, -0.05) is 29.3 Å². The Morgan fingerprint density at radius 2 is 1.07 bits per heavy atom. The molecule has 0 aliphatic heterocycles. The lowest BCUT2D eigenvalue weighted by atomic mass is 10.2. The fourth-order valence-corrected chi connectivity index (χ4v) is 2.76. The summed E-state index contributed by atoms with van der Waals surface area (Å²) in [6.45, 7) is 1.89. The molecule has 3 rings (SSSR count). The molecule has 0 aliphatic rings. The van der Waals surface area contributed by atoms with Crippen LogP contribution in [0.4, 0.5) is 32.3 Å². The largest absolute Gasteiger partial charge is 0.323 e. The zero-order chi connectivity index (χ0) is 20.8. The fourth-order valence-electron chi connectivity index (χ4n) is 2.51. The molecule has 3 aromatic carbocycles. The lowest BCUT2D eigenvalue weighted by Gasteiger charge is -2.14. The number of hydrogen-bond acceptors (Lipinski definition) is 2. The van der Waals surface area contributed by atoms with Crippen molar-refractivity contribution < 1.29 is 9.59 Å². The van der Waals surface area contributed by atoms with Crippen LogP contribution in [0.5, 0.6) is 0 Å². The fraction of sp³-hybridized carbons (Fsp3) is 0.0476. The summed E-state index contributed by atoms with van der Waals surface area (Å²) in [5.74, 6) is 0. The van der Waals surface area contributed by atoms with Crippen LogP contribution in [-0.4, -0.2) is 12.1 Å². The lowest BCUT2D eigenvalue weighted by Crippen LogP contribution is -2.23. The standard InChI is InChI=1S/C21H18Cl2N4O2/c1-13-2-11-18(26-20(28)24-16-7-3-14(22)4-8-16)19(12-13)27-21(29)25-17-9-5-15(23)6-10-17/h2-12H,1H3,(H2,24,26,28)(H2,25,27,29). The summed E-state index contributed by atoms with van der Waals surface area (Å²) in [7, 11) is 0. The summed E-state index contributed by atoms with van der Waals surface area (Å²) in [5.41, 5.74) is 3.02. The maximum Gasteiger partial charge on any atom is 0.323 e. The molecule has 4 N–H and O–H groups in total. The van der Waals surface area contributed by atoms with Crippen LogP contribution in [0, 0.1) is 6.92 Å². The average molecular weight is 429 g/mol. The number of amides is 4. The summed E-state index contributed by atoms with van der Waals surface area (Å²) in [6.07, 6.45) is 0. The van der Waals surface area contributed by atoms with E-state index in [9.17, 15) is 9.59 Å². The third-order valence-corrected chi connectivity index (χ3v) is 4.38. The Morgan fingerprint density at radius 3 is 1.55 bits per heavy atom. The van der Waals surface area contributed by atoms with Crippen molar-refractivity contribution in [2.24, 2.45) is 0 Å². The average Bonchev–Trinajstić information content (AvgIpc) is 2.67. The molecule has 0 saturated heterocycles. The lowest BCUT2D eigenvalue weighted by molar-refractivity contribution is 0.261. The number of nitrogens with one attached hydrogen (secondary N) is 4. The van der Waals surface area contributed by atoms with Gasteiger partial charge in [-0.3, -0.25) is 0 Å². The zero-order valence-corrected chi connectivity index (χ0v) is 16.9. The normalized spacial score (nSPS) is 10.2. The van der Waals surface area contributed by atoms with Crippen molar-refractivity contribution >= 4 is 58.0 Å². The van der Waals surface area contributed by atoms with Gasteiger partial charge in [0.1, 0.15) is 0 Å². The van der Waals surface area contributed by atoms with Crippen molar-refractivity contribution in [3.05, 3.63) is 82.3 Å². The number of rotatable bonds is 4. The Kier molecular flexibility index (Phi) is 6.59. The maximum atomic E-state index is 12.3. The van der Waals surface area contributed by atoms with Gasteiger partial charge in [0.2, 0.25) is 0 Å². The Labute approximate surface area is 178 Å². The molecule has 0 atom stereocenters. The van der Waals surface area contributed by atoms with Gasteiger partial charge in [0.05, 0.1) is 11.4 Å². The second kappa shape index (κ2) is 9.32. The molecule has 29 heavy (non-hydrogen) atoms. The summed E-state index contributed by atoms with van der Waals surface area (Å²) in [6, 6.07) is 17.9. The topological polar surface area (TPSA) is 82.3 Å². The Hall–Kier alpha value is -3.22. The van der Waals surface area contributed by atoms with Crippen molar-refractivity contribution in [2.45, 2.75) is 6.92 Å². The van der Waals surface area contributed by atoms with Crippen molar-refractivity contribution in [3.63, 3.8) is 0 Å². The van der Waals surface area contributed by atoms with E-state index in [2.05, 4.69) is 21.3 Å². The van der Waals surface area contributed by atoms with Crippen LogP contribution in [0.3, 0.4) is 0 Å². The zero-order valence-electron chi connectivity index (χ0n) is 15.4. The van der Waals surface area contributed by atoms with Gasteiger partial charge in [-0.15, -0.1) is 0 Å². The number of carbonyl (C=O) groups is 2. The molecule has 0 saturated carbocycles. The summed E-state index contributed by atoms with van der Waals surface area (Å²) in [4.78, 5) is 24.7. The number of benzene rings is 3. The molecule has 3 aromatic rings. The van der Waals surface area contributed by atoms with Gasteiger partial charge in [0.15, 0.2) is 0 Å². The summed E-state index contributed by atoms with van der Waals surface area (Å²) >= 11 is 11.7. The van der Waals surface area contributed by atoms with Crippen molar-refractivity contribution in [1.29, 1.82) is 0 Å².